The Morgan fingerprint density at radius 2 is 1.72 bits per heavy atom. The maximum atomic E-state index is 13.9. The minimum atomic E-state index is -0.515. The van der Waals surface area contributed by atoms with Crippen LogP contribution >= 0.6 is 0 Å². The van der Waals surface area contributed by atoms with Crippen LogP contribution in [0.5, 0.6) is 11.5 Å². The first kappa shape index (κ1) is 40.4. The van der Waals surface area contributed by atoms with Gasteiger partial charge in [0, 0.05) is 57.9 Å². The first-order valence-corrected chi connectivity index (χ1v) is 19.5. The maximum absolute atomic E-state index is 13.9. The van der Waals surface area contributed by atoms with Crippen LogP contribution in [0.3, 0.4) is 0 Å². The molecule has 3 aliphatic rings. The van der Waals surface area contributed by atoms with Crippen molar-refractivity contribution in [3.63, 3.8) is 0 Å². The number of rotatable bonds is 17. The normalized spacial score (nSPS) is 20.6. The first-order chi connectivity index (χ1) is 27.8. The second-order valence-electron chi connectivity index (χ2n) is 14.6. The first-order valence-electron chi connectivity index (χ1n) is 19.5. The minimum Gasteiger partial charge on any atom is -0.490 e. The van der Waals surface area contributed by atoms with Gasteiger partial charge in [-0.2, -0.15) is 0 Å². The van der Waals surface area contributed by atoms with Crippen LogP contribution in [0.15, 0.2) is 91.0 Å². The smallest absolute Gasteiger partial charge is 0.310 e. The molecule has 4 atom stereocenters. The number of fused-ring (bicyclic) bond motifs is 1. The SMILES string of the molecule is COCCCN1CCOc2ccc(COC3CNCC(OC(=O)Cc4ccc(CON(O)O)cc4)C3c3ccc(OC4CCN(c5cccc(F)c5)C4)cc3)cc21. The average molecular weight is 787 g/mol. The fourth-order valence-electron chi connectivity index (χ4n) is 7.77. The highest BCUT2D eigenvalue weighted by atomic mass is 19.1. The highest BCUT2D eigenvalue weighted by Gasteiger charge is 2.38. The Morgan fingerprint density at radius 1 is 0.930 bits per heavy atom. The summed E-state index contributed by atoms with van der Waals surface area (Å²) in [6.45, 7) is 5.77. The van der Waals surface area contributed by atoms with Crippen LogP contribution in [-0.4, -0.2) is 99.7 Å². The Balaban J connectivity index is 1.04. The van der Waals surface area contributed by atoms with Gasteiger partial charge in [-0.1, -0.05) is 48.5 Å². The highest BCUT2D eigenvalue weighted by Crippen LogP contribution is 2.35. The lowest BCUT2D eigenvalue weighted by Crippen LogP contribution is -2.51. The van der Waals surface area contributed by atoms with Crippen molar-refractivity contribution < 1.29 is 48.1 Å². The summed E-state index contributed by atoms with van der Waals surface area (Å²) in [5.41, 5.74) is 5.32. The third-order valence-electron chi connectivity index (χ3n) is 10.6. The van der Waals surface area contributed by atoms with E-state index < -0.39 is 6.10 Å². The van der Waals surface area contributed by atoms with E-state index in [2.05, 4.69) is 26.0 Å². The summed E-state index contributed by atoms with van der Waals surface area (Å²) < 4.78 is 44.4. The number of esters is 1. The number of piperidine rings is 1. The monoisotopic (exact) mass is 786 g/mol. The van der Waals surface area contributed by atoms with E-state index in [1.807, 2.05) is 42.5 Å². The number of benzene rings is 4. The fourth-order valence-corrected chi connectivity index (χ4v) is 7.77. The molecule has 0 radical (unpaired) electrons. The molecule has 0 aliphatic carbocycles. The lowest BCUT2D eigenvalue weighted by molar-refractivity contribution is -0.497. The number of ether oxygens (including phenoxy) is 5. The van der Waals surface area contributed by atoms with Crippen LogP contribution in [0, 0.1) is 5.82 Å². The molecule has 0 aromatic heterocycles. The molecule has 3 N–H and O–H groups in total. The summed E-state index contributed by atoms with van der Waals surface area (Å²) in [4.78, 5) is 22.6. The predicted molar refractivity (Wildman–Crippen MR) is 209 cm³/mol. The molecule has 7 rings (SSSR count). The molecule has 3 heterocycles. The van der Waals surface area contributed by atoms with Crippen LogP contribution in [0.25, 0.3) is 0 Å². The summed E-state index contributed by atoms with van der Waals surface area (Å²) in [6.07, 6.45) is 0.917. The van der Waals surface area contributed by atoms with E-state index in [-0.39, 0.29) is 48.3 Å². The molecule has 0 amide bonds. The molecule has 0 saturated carbocycles. The number of anilines is 2. The molecule has 2 fully saturated rings. The van der Waals surface area contributed by atoms with Gasteiger partial charge < -0.3 is 38.8 Å². The molecule has 13 nitrogen and oxygen atoms in total. The number of methoxy groups -OCH3 is 1. The predicted octanol–water partition coefficient (Wildman–Crippen LogP) is 5.66. The molecule has 4 aromatic carbocycles. The molecular weight excluding hydrogens is 735 g/mol. The number of hydrogen-bond donors (Lipinski definition) is 3. The van der Waals surface area contributed by atoms with E-state index in [0.717, 1.165) is 72.0 Å². The summed E-state index contributed by atoms with van der Waals surface area (Å²) in [7, 11) is 1.72. The van der Waals surface area contributed by atoms with Gasteiger partial charge in [-0.25, -0.2) is 9.23 Å². The van der Waals surface area contributed by atoms with Crippen molar-refractivity contribution in [2.75, 3.05) is 69.4 Å². The van der Waals surface area contributed by atoms with E-state index in [1.54, 1.807) is 43.5 Å². The summed E-state index contributed by atoms with van der Waals surface area (Å²) >= 11 is 0. The molecule has 2 saturated heterocycles. The van der Waals surface area contributed by atoms with E-state index in [0.29, 0.717) is 45.0 Å². The molecule has 4 aromatic rings. The van der Waals surface area contributed by atoms with Gasteiger partial charge in [-0.05, 0) is 71.1 Å². The molecule has 0 spiro atoms. The second-order valence-corrected chi connectivity index (χ2v) is 14.6. The fraction of sp³-hybridized carbons (Fsp3) is 0.419. The van der Waals surface area contributed by atoms with Crippen LogP contribution in [-0.2, 0) is 43.5 Å². The van der Waals surface area contributed by atoms with Crippen LogP contribution < -0.4 is 24.6 Å². The van der Waals surface area contributed by atoms with Crippen molar-refractivity contribution in [1.82, 2.24) is 10.7 Å². The number of nitrogens with zero attached hydrogens (tertiary/aromatic N) is 3. The summed E-state index contributed by atoms with van der Waals surface area (Å²) in [5.74, 6) is 0.689. The van der Waals surface area contributed by atoms with Gasteiger partial charge in [0.2, 0.25) is 0 Å². The van der Waals surface area contributed by atoms with Gasteiger partial charge in [-0.3, -0.25) is 15.2 Å². The van der Waals surface area contributed by atoms with Gasteiger partial charge in [0.15, 0.2) is 0 Å². The zero-order valence-electron chi connectivity index (χ0n) is 32.1. The van der Waals surface area contributed by atoms with Crippen molar-refractivity contribution in [3.05, 3.63) is 119 Å². The number of carbonyl (C=O) groups is 1. The Hall–Kier alpha value is -4.80. The topological polar surface area (TPSA) is 135 Å². The third kappa shape index (κ3) is 11.0. The quantitative estimate of drug-likeness (QED) is 0.0692. The van der Waals surface area contributed by atoms with Crippen molar-refractivity contribution in [3.8, 4) is 11.5 Å². The van der Waals surface area contributed by atoms with Crippen LogP contribution in [0.4, 0.5) is 15.8 Å². The third-order valence-corrected chi connectivity index (χ3v) is 10.6. The Kier molecular flexibility index (Phi) is 13.9. The van der Waals surface area contributed by atoms with Crippen molar-refractivity contribution >= 4 is 17.3 Å². The second kappa shape index (κ2) is 19.6. The lowest BCUT2D eigenvalue weighted by atomic mass is 9.85. The number of nitrogens with one attached hydrogen (secondary N) is 1. The number of hydrogen-bond acceptors (Lipinski definition) is 13. The summed E-state index contributed by atoms with van der Waals surface area (Å²) in [6, 6.07) is 27.8. The van der Waals surface area contributed by atoms with Gasteiger partial charge in [0.1, 0.15) is 36.1 Å². The van der Waals surface area contributed by atoms with Gasteiger partial charge >= 0.3 is 5.97 Å². The van der Waals surface area contributed by atoms with Crippen LogP contribution in [0.2, 0.25) is 0 Å². The van der Waals surface area contributed by atoms with Gasteiger partial charge in [-0.15, -0.1) is 0 Å². The Labute approximate surface area is 332 Å². The zero-order chi connectivity index (χ0) is 39.6. The number of carbonyl (C=O) groups excluding carboxylic acids is 1. The highest BCUT2D eigenvalue weighted by molar-refractivity contribution is 5.73. The van der Waals surface area contributed by atoms with Crippen LogP contribution in [0.1, 0.15) is 41.0 Å². The zero-order valence-corrected chi connectivity index (χ0v) is 32.1. The molecule has 4 unspecified atom stereocenters. The van der Waals surface area contributed by atoms with E-state index in [1.165, 1.54) is 6.07 Å². The average Bonchev–Trinajstić information content (AvgIpc) is 3.69. The maximum Gasteiger partial charge on any atom is 0.310 e. The lowest BCUT2D eigenvalue weighted by Gasteiger charge is -2.38. The Morgan fingerprint density at radius 3 is 2.51 bits per heavy atom. The van der Waals surface area contributed by atoms with E-state index in [9.17, 15) is 9.18 Å². The van der Waals surface area contributed by atoms with E-state index >= 15 is 0 Å². The molecule has 57 heavy (non-hydrogen) atoms. The van der Waals surface area contributed by atoms with Crippen molar-refractivity contribution in [1.29, 1.82) is 0 Å². The Bertz CT molecular complexity index is 1900. The van der Waals surface area contributed by atoms with Crippen molar-refractivity contribution in [2.24, 2.45) is 0 Å². The largest absolute Gasteiger partial charge is 0.490 e. The van der Waals surface area contributed by atoms with E-state index in [4.69, 9.17) is 34.1 Å². The minimum absolute atomic E-state index is 0.0404. The number of halogens is 1. The van der Waals surface area contributed by atoms with Gasteiger partial charge in [0.05, 0.1) is 49.9 Å². The molecular formula is C43H51FN4O9. The van der Waals surface area contributed by atoms with Crippen molar-refractivity contribution in [2.45, 2.75) is 56.7 Å². The molecule has 3 aliphatic heterocycles. The molecule has 304 valence electrons. The molecule has 14 heteroatoms. The molecule has 0 bridgehead atoms. The van der Waals surface area contributed by atoms with Gasteiger partial charge in [0.25, 0.3) is 0 Å². The standard InChI is InChI=1S/C43H51FN4O9/c1-52-20-3-17-46-19-21-53-39-15-10-32(22-38(39)46)28-54-40-25-45-26-41(57-42(49)23-30-6-8-31(9-7-30)29-55-48(50)51)43(40)33-11-13-36(14-12-33)56-37-16-18-47(27-37)35-5-2-4-34(44)24-35/h2,4-15,22,24,37,40-41,43,45,50-51H,3,16-21,23,25-29H2,1H3. The summed E-state index contributed by atoms with van der Waals surface area (Å²) in [5, 5.41) is 20.8.